The lowest BCUT2D eigenvalue weighted by Gasteiger charge is -2.37. The Morgan fingerprint density at radius 1 is 1.53 bits per heavy atom. The average Bonchev–Trinajstić information content (AvgIpc) is 2.35. The lowest BCUT2D eigenvalue weighted by Crippen LogP contribution is -2.44. The number of nitrogens with zero attached hydrogens (tertiary/aromatic N) is 1. The van der Waals surface area contributed by atoms with Crippen LogP contribution in [-0.2, 0) is 9.53 Å². The zero-order valence-corrected chi connectivity index (χ0v) is 11.2. The van der Waals surface area contributed by atoms with Crippen molar-refractivity contribution in [3.05, 3.63) is 0 Å². The van der Waals surface area contributed by atoms with Gasteiger partial charge >= 0.3 is 5.97 Å². The molecule has 0 aromatic rings. The van der Waals surface area contributed by atoms with Crippen LogP contribution in [0, 0.1) is 5.92 Å². The standard InChI is InChI=1S/C13H25NO3/c1-4-12-8-11(6-7-17-12)14(5-2)9-10(3)13(15)16/h10-12H,4-9H2,1-3H3,(H,15,16). The van der Waals surface area contributed by atoms with E-state index in [4.69, 9.17) is 9.84 Å². The lowest BCUT2D eigenvalue weighted by molar-refractivity contribution is -0.142. The lowest BCUT2D eigenvalue weighted by atomic mass is 9.99. The third-order valence-corrected chi connectivity index (χ3v) is 3.65. The van der Waals surface area contributed by atoms with Gasteiger partial charge in [0, 0.05) is 19.2 Å². The highest BCUT2D eigenvalue weighted by Crippen LogP contribution is 2.21. The van der Waals surface area contributed by atoms with Crippen LogP contribution in [0.5, 0.6) is 0 Å². The van der Waals surface area contributed by atoms with E-state index in [1.807, 2.05) is 0 Å². The first-order valence-electron chi connectivity index (χ1n) is 6.66. The second-order valence-corrected chi connectivity index (χ2v) is 4.91. The highest BCUT2D eigenvalue weighted by Gasteiger charge is 2.27. The quantitative estimate of drug-likeness (QED) is 0.775. The number of carboxylic acid groups (broad SMARTS) is 1. The summed E-state index contributed by atoms with van der Waals surface area (Å²) in [6.07, 6.45) is 3.46. The first-order valence-corrected chi connectivity index (χ1v) is 6.66. The van der Waals surface area contributed by atoms with Crippen molar-refractivity contribution < 1.29 is 14.6 Å². The maximum Gasteiger partial charge on any atom is 0.307 e. The largest absolute Gasteiger partial charge is 0.481 e. The number of carboxylic acids is 1. The van der Waals surface area contributed by atoms with Crippen molar-refractivity contribution in [1.29, 1.82) is 0 Å². The number of aliphatic carboxylic acids is 1. The van der Waals surface area contributed by atoms with Crippen molar-refractivity contribution in [3.8, 4) is 0 Å². The molecule has 1 N–H and O–H groups in total. The van der Waals surface area contributed by atoms with E-state index < -0.39 is 5.97 Å². The maximum atomic E-state index is 10.9. The molecule has 1 heterocycles. The molecule has 0 aliphatic carbocycles. The van der Waals surface area contributed by atoms with Crippen LogP contribution >= 0.6 is 0 Å². The van der Waals surface area contributed by atoms with Crippen LogP contribution in [-0.4, -0.2) is 47.8 Å². The van der Waals surface area contributed by atoms with Gasteiger partial charge in [-0.05, 0) is 25.8 Å². The molecule has 1 saturated heterocycles. The zero-order valence-electron chi connectivity index (χ0n) is 11.2. The summed E-state index contributed by atoms with van der Waals surface area (Å²) in [5.41, 5.74) is 0. The maximum absolute atomic E-state index is 10.9. The molecule has 17 heavy (non-hydrogen) atoms. The van der Waals surface area contributed by atoms with Crippen LogP contribution in [0.4, 0.5) is 0 Å². The van der Waals surface area contributed by atoms with Gasteiger partial charge in [0.1, 0.15) is 0 Å². The fourth-order valence-corrected chi connectivity index (χ4v) is 2.44. The van der Waals surface area contributed by atoms with E-state index in [1.54, 1.807) is 6.92 Å². The first-order chi connectivity index (χ1) is 8.08. The monoisotopic (exact) mass is 243 g/mol. The van der Waals surface area contributed by atoms with E-state index in [1.165, 1.54) is 0 Å². The Morgan fingerprint density at radius 2 is 2.24 bits per heavy atom. The van der Waals surface area contributed by atoms with Gasteiger partial charge in [-0.2, -0.15) is 0 Å². The molecule has 0 saturated carbocycles. The van der Waals surface area contributed by atoms with Crippen LogP contribution in [0.25, 0.3) is 0 Å². The Labute approximate surface area is 104 Å². The average molecular weight is 243 g/mol. The van der Waals surface area contributed by atoms with Crippen LogP contribution in [0.15, 0.2) is 0 Å². The molecule has 0 bridgehead atoms. The van der Waals surface area contributed by atoms with Gasteiger partial charge in [0.05, 0.1) is 12.0 Å². The summed E-state index contributed by atoms with van der Waals surface area (Å²) in [6.45, 7) is 8.39. The Balaban J connectivity index is 2.51. The van der Waals surface area contributed by atoms with Gasteiger partial charge in [-0.25, -0.2) is 0 Å². The molecule has 0 spiro atoms. The number of carbonyl (C=O) groups is 1. The van der Waals surface area contributed by atoms with Gasteiger partial charge in [0.15, 0.2) is 0 Å². The van der Waals surface area contributed by atoms with Crippen LogP contribution < -0.4 is 0 Å². The second kappa shape index (κ2) is 6.97. The van der Waals surface area contributed by atoms with Crippen LogP contribution in [0.3, 0.4) is 0 Å². The molecule has 1 aliphatic rings. The Bertz CT molecular complexity index is 245. The summed E-state index contributed by atoms with van der Waals surface area (Å²) >= 11 is 0. The summed E-state index contributed by atoms with van der Waals surface area (Å²) in [5.74, 6) is -1.000. The van der Waals surface area contributed by atoms with E-state index in [0.717, 1.165) is 32.4 Å². The summed E-state index contributed by atoms with van der Waals surface area (Å²) < 4.78 is 5.66. The van der Waals surface area contributed by atoms with E-state index in [-0.39, 0.29) is 5.92 Å². The van der Waals surface area contributed by atoms with Gasteiger partial charge in [-0.15, -0.1) is 0 Å². The summed E-state index contributed by atoms with van der Waals surface area (Å²) in [4.78, 5) is 13.2. The number of hydrogen-bond acceptors (Lipinski definition) is 3. The summed E-state index contributed by atoms with van der Waals surface area (Å²) in [5, 5.41) is 8.97. The third-order valence-electron chi connectivity index (χ3n) is 3.65. The van der Waals surface area contributed by atoms with Gasteiger partial charge in [-0.1, -0.05) is 20.8 Å². The van der Waals surface area contributed by atoms with E-state index in [2.05, 4.69) is 18.7 Å². The van der Waals surface area contributed by atoms with Crippen molar-refractivity contribution in [2.45, 2.75) is 52.2 Å². The summed E-state index contributed by atoms with van der Waals surface area (Å²) in [7, 11) is 0. The number of ether oxygens (including phenoxy) is 1. The van der Waals surface area contributed by atoms with Crippen molar-refractivity contribution in [1.82, 2.24) is 4.90 Å². The molecule has 0 radical (unpaired) electrons. The molecule has 100 valence electrons. The molecule has 0 amide bonds. The van der Waals surface area contributed by atoms with Crippen LogP contribution in [0.2, 0.25) is 0 Å². The first kappa shape index (κ1) is 14.5. The topological polar surface area (TPSA) is 49.8 Å². The van der Waals surface area contributed by atoms with Crippen molar-refractivity contribution in [3.63, 3.8) is 0 Å². The Kier molecular flexibility index (Phi) is 5.92. The van der Waals surface area contributed by atoms with Gasteiger partial charge < -0.3 is 9.84 Å². The zero-order chi connectivity index (χ0) is 12.8. The molecule has 1 aliphatic heterocycles. The minimum atomic E-state index is -0.706. The molecule has 1 rings (SSSR count). The minimum Gasteiger partial charge on any atom is -0.481 e. The molecule has 1 fully saturated rings. The molecule has 4 nitrogen and oxygen atoms in total. The molecular formula is C13H25NO3. The highest BCUT2D eigenvalue weighted by molar-refractivity contribution is 5.69. The summed E-state index contributed by atoms with van der Waals surface area (Å²) in [6, 6.07) is 0.487. The van der Waals surface area contributed by atoms with Gasteiger partial charge in [-0.3, -0.25) is 9.69 Å². The van der Waals surface area contributed by atoms with Crippen LogP contribution in [0.1, 0.15) is 40.0 Å². The number of hydrogen-bond donors (Lipinski definition) is 1. The molecule has 3 atom stereocenters. The molecule has 4 heteroatoms. The van der Waals surface area contributed by atoms with Crippen molar-refractivity contribution >= 4 is 5.97 Å². The van der Waals surface area contributed by atoms with E-state index in [9.17, 15) is 4.79 Å². The van der Waals surface area contributed by atoms with Crippen molar-refractivity contribution in [2.24, 2.45) is 5.92 Å². The predicted octanol–water partition coefficient (Wildman–Crippen LogP) is 1.99. The number of rotatable bonds is 6. The van der Waals surface area contributed by atoms with Gasteiger partial charge in [0.25, 0.3) is 0 Å². The molecule has 3 unspecified atom stereocenters. The normalized spacial score (nSPS) is 27.1. The smallest absolute Gasteiger partial charge is 0.307 e. The SMILES string of the molecule is CCC1CC(N(CC)CC(C)C(=O)O)CCO1. The third kappa shape index (κ3) is 4.28. The molecular weight excluding hydrogens is 218 g/mol. The Hall–Kier alpha value is -0.610. The molecule has 0 aromatic carbocycles. The van der Waals surface area contributed by atoms with E-state index >= 15 is 0 Å². The fraction of sp³-hybridized carbons (Fsp3) is 0.923. The fourth-order valence-electron chi connectivity index (χ4n) is 2.44. The predicted molar refractivity (Wildman–Crippen MR) is 67.1 cm³/mol. The minimum absolute atomic E-state index is 0.294. The van der Waals surface area contributed by atoms with Gasteiger partial charge in [0.2, 0.25) is 0 Å². The highest BCUT2D eigenvalue weighted by atomic mass is 16.5. The van der Waals surface area contributed by atoms with E-state index in [0.29, 0.717) is 18.7 Å². The second-order valence-electron chi connectivity index (χ2n) is 4.91. The molecule has 0 aromatic heterocycles. The van der Waals surface area contributed by atoms with Crippen molar-refractivity contribution in [2.75, 3.05) is 19.7 Å². The Morgan fingerprint density at radius 3 is 2.76 bits per heavy atom.